The number of amides is 1. The predicted molar refractivity (Wildman–Crippen MR) is 63.5 cm³/mol. The first-order valence-electron chi connectivity index (χ1n) is 5.49. The van der Waals surface area contributed by atoms with Crippen LogP contribution < -0.4 is 10.9 Å². The third kappa shape index (κ3) is 2.94. The molecule has 0 saturated carbocycles. The van der Waals surface area contributed by atoms with E-state index in [4.69, 9.17) is 5.26 Å². The highest BCUT2D eigenvalue weighted by molar-refractivity contribution is 5.94. The molecule has 5 nitrogen and oxygen atoms in total. The van der Waals surface area contributed by atoms with Crippen molar-refractivity contribution in [3.63, 3.8) is 0 Å². The van der Waals surface area contributed by atoms with Crippen molar-refractivity contribution in [2.24, 2.45) is 0 Å². The quantitative estimate of drug-likeness (QED) is 0.819. The summed E-state index contributed by atoms with van der Waals surface area (Å²) < 4.78 is 0. The molecule has 17 heavy (non-hydrogen) atoms. The maximum absolute atomic E-state index is 11.9. The number of nitriles is 1. The summed E-state index contributed by atoms with van der Waals surface area (Å²) in [5.74, 6) is -0.402. The molecule has 0 aliphatic heterocycles. The maximum atomic E-state index is 11.9. The zero-order valence-electron chi connectivity index (χ0n) is 9.91. The van der Waals surface area contributed by atoms with Crippen LogP contribution in [0.15, 0.2) is 23.1 Å². The lowest BCUT2D eigenvalue weighted by Gasteiger charge is -2.24. The van der Waals surface area contributed by atoms with E-state index in [1.54, 1.807) is 0 Å². The van der Waals surface area contributed by atoms with E-state index in [1.807, 2.05) is 13.8 Å². The van der Waals surface area contributed by atoms with E-state index in [0.29, 0.717) is 12.8 Å². The molecule has 90 valence electrons. The van der Waals surface area contributed by atoms with Crippen LogP contribution in [0.2, 0.25) is 0 Å². The number of aromatic nitrogens is 1. The number of rotatable bonds is 4. The molecule has 2 N–H and O–H groups in total. The fraction of sp³-hybridized carbons (Fsp3) is 0.417. The third-order valence-corrected chi connectivity index (χ3v) is 2.81. The van der Waals surface area contributed by atoms with Crippen LogP contribution in [-0.2, 0) is 0 Å². The molecule has 0 radical (unpaired) electrons. The average Bonchev–Trinajstić information content (AvgIpc) is 2.36. The van der Waals surface area contributed by atoms with Gasteiger partial charge in [-0.1, -0.05) is 13.8 Å². The van der Waals surface area contributed by atoms with Gasteiger partial charge in [0.25, 0.3) is 5.91 Å². The largest absolute Gasteiger partial charge is 0.334 e. The summed E-state index contributed by atoms with van der Waals surface area (Å²) in [6.45, 7) is 3.68. The fourth-order valence-corrected chi connectivity index (χ4v) is 1.49. The lowest BCUT2D eigenvalue weighted by molar-refractivity contribution is 0.0915. The summed E-state index contributed by atoms with van der Waals surface area (Å²) in [5, 5.41) is 11.8. The Morgan fingerprint density at radius 2 is 2.18 bits per heavy atom. The van der Waals surface area contributed by atoms with Crippen molar-refractivity contribution < 1.29 is 4.79 Å². The molecule has 0 saturated heterocycles. The Morgan fingerprint density at radius 3 is 2.65 bits per heavy atom. The zero-order chi connectivity index (χ0) is 12.9. The van der Waals surface area contributed by atoms with E-state index in [1.165, 1.54) is 18.3 Å². The monoisotopic (exact) mass is 233 g/mol. The van der Waals surface area contributed by atoms with Crippen LogP contribution in [0.25, 0.3) is 0 Å². The zero-order valence-corrected chi connectivity index (χ0v) is 9.91. The summed E-state index contributed by atoms with van der Waals surface area (Å²) in [4.78, 5) is 25.4. The molecular weight excluding hydrogens is 218 g/mol. The summed E-state index contributed by atoms with van der Waals surface area (Å²) in [6.07, 6.45) is 2.45. The standard InChI is InChI=1S/C12H15N3O2/c1-3-12(4-2,8-13)15-11(17)9-5-6-14-10(16)7-9/h5-7H,3-4H2,1-2H3,(H,14,16)(H,15,17). The first-order valence-corrected chi connectivity index (χ1v) is 5.49. The van der Waals surface area contributed by atoms with Gasteiger partial charge in [0.2, 0.25) is 5.56 Å². The Labute approximate surface area is 99.5 Å². The van der Waals surface area contributed by atoms with Gasteiger partial charge in [-0.2, -0.15) is 5.26 Å². The highest BCUT2D eigenvalue weighted by Gasteiger charge is 2.28. The van der Waals surface area contributed by atoms with Crippen LogP contribution in [0.3, 0.4) is 0 Å². The molecule has 5 heteroatoms. The Bertz CT molecular complexity index is 495. The first-order chi connectivity index (χ1) is 8.06. The summed E-state index contributed by atoms with van der Waals surface area (Å²) >= 11 is 0. The van der Waals surface area contributed by atoms with Crippen LogP contribution in [-0.4, -0.2) is 16.4 Å². The van der Waals surface area contributed by atoms with Gasteiger partial charge in [-0.3, -0.25) is 9.59 Å². The molecule has 1 rings (SSSR count). The molecule has 0 aliphatic rings. The minimum absolute atomic E-state index is 0.260. The van der Waals surface area contributed by atoms with E-state index >= 15 is 0 Å². The van der Waals surface area contributed by atoms with Crippen LogP contribution in [0, 0.1) is 11.3 Å². The molecule has 0 atom stereocenters. The third-order valence-electron chi connectivity index (χ3n) is 2.81. The summed E-state index contributed by atoms with van der Waals surface area (Å²) in [7, 11) is 0. The minimum atomic E-state index is -0.861. The number of pyridine rings is 1. The molecule has 0 aromatic carbocycles. The number of hydrogen-bond acceptors (Lipinski definition) is 3. The van der Waals surface area contributed by atoms with Crippen molar-refractivity contribution in [1.29, 1.82) is 5.26 Å². The van der Waals surface area contributed by atoms with Crippen molar-refractivity contribution >= 4 is 5.91 Å². The van der Waals surface area contributed by atoms with Gasteiger partial charge in [-0.05, 0) is 18.9 Å². The number of carbonyl (C=O) groups is 1. The number of H-pyrrole nitrogens is 1. The average molecular weight is 233 g/mol. The number of aromatic amines is 1. The van der Waals surface area contributed by atoms with Gasteiger partial charge in [0, 0.05) is 17.8 Å². The molecular formula is C12H15N3O2. The van der Waals surface area contributed by atoms with Crippen molar-refractivity contribution in [2.75, 3.05) is 0 Å². The second kappa shape index (κ2) is 5.30. The normalized spacial score (nSPS) is 10.6. The van der Waals surface area contributed by atoms with Gasteiger partial charge < -0.3 is 10.3 Å². The van der Waals surface area contributed by atoms with Crippen molar-refractivity contribution in [3.05, 3.63) is 34.2 Å². The smallest absolute Gasteiger partial charge is 0.252 e. The summed E-state index contributed by atoms with van der Waals surface area (Å²) in [6, 6.07) is 4.83. The Hall–Kier alpha value is -2.09. The van der Waals surface area contributed by atoms with Gasteiger partial charge in [-0.25, -0.2) is 0 Å². The van der Waals surface area contributed by atoms with Crippen LogP contribution in [0.4, 0.5) is 0 Å². The second-order valence-electron chi connectivity index (χ2n) is 3.80. The van der Waals surface area contributed by atoms with Crippen LogP contribution in [0.5, 0.6) is 0 Å². The van der Waals surface area contributed by atoms with E-state index in [-0.39, 0.29) is 11.1 Å². The SMILES string of the molecule is CCC(C#N)(CC)NC(=O)c1cc[nH]c(=O)c1. The highest BCUT2D eigenvalue weighted by atomic mass is 16.2. The Morgan fingerprint density at radius 1 is 1.53 bits per heavy atom. The molecule has 0 bridgehead atoms. The number of nitrogens with one attached hydrogen (secondary N) is 2. The topological polar surface area (TPSA) is 85.8 Å². The van der Waals surface area contributed by atoms with Crippen molar-refractivity contribution in [3.8, 4) is 6.07 Å². The number of hydrogen-bond donors (Lipinski definition) is 2. The Balaban J connectivity index is 2.93. The second-order valence-corrected chi connectivity index (χ2v) is 3.80. The van der Waals surface area contributed by atoms with Crippen molar-refractivity contribution in [1.82, 2.24) is 10.3 Å². The molecule has 1 amide bonds. The molecule has 1 aromatic heterocycles. The minimum Gasteiger partial charge on any atom is -0.334 e. The van der Waals surface area contributed by atoms with Crippen molar-refractivity contribution in [2.45, 2.75) is 32.2 Å². The lowest BCUT2D eigenvalue weighted by Crippen LogP contribution is -2.46. The number of carbonyl (C=O) groups excluding carboxylic acids is 1. The molecule has 0 aliphatic carbocycles. The van der Waals surface area contributed by atoms with E-state index < -0.39 is 11.4 Å². The Kier molecular flexibility index (Phi) is 4.05. The van der Waals surface area contributed by atoms with Gasteiger partial charge in [0.05, 0.1) is 6.07 Å². The molecule has 0 unspecified atom stereocenters. The predicted octanol–water partition coefficient (Wildman–Crippen LogP) is 1.19. The van der Waals surface area contributed by atoms with Crippen LogP contribution in [0.1, 0.15) is 37.0 Å². The van der Waals surface area contributed by atoms with Crippen LogP contribution >= 0.6 is 0 Å². The molecule has 1 heterocycles. The fourth-order valence-electron chi connectivity index (χ4n) is 1.49. The van der Waals surface area contributed by atoms with Gasteiger partial charge in [0.1, 0.15) is 5.54 Å². The molecule has 1 aromatic rings. The van der Waals surface area contributed by atoms with Gasteiger partial charge in [0.15, 0.2) is 0 Å². The number of nitrogens with zero attached hydrogens (tertiary/aromatic N) is 1. The molecule has 0 spiro atoms. The highest BCUT2D eigenvalue weighted by Crippen LogP contribution is 2.14. The summed E-state index contributed by atoms with van der Waals surface area (Å²) in [5.41, 5.74) is -0.942. The van der Waals surface area contributed by atoms with E-state index in [9.17, 15) is 9.59 Å². The first kappa shape index (κ1) is 13.0. The van der Waals surface area contributed by atoms with Gasteiger partial charge in [-0.15, -0.1) is 0 Å². The molecule has 0 fully saturated rings. The van der Waals surface area contributed by atoms with Gasteiger partial charge >= 0.3 is 0 Å². The van der Waals surface area contributed by atoms with E-state index in [2.05, 4.69) is 16.4 Å². The lowest BCUT2D eigenvalue weighted by atomic mass is 9.94. The van der Waals surface area contributed by atoms with E-state index in [0.717, 1.165) is 0 Å². The maximum Gasteiger partial charge on any atom is 0.252 e.